The minimum atomic E-state index is -0.349. The summed E-state index contributed by atoms with van der Waals surface area (Å²) in [6.45, 7) is 0. The Balaban J connectivity index is 0.968. The van der Waals surface area contributed by atoms with Gasteiger partial charge in [0.1, 0.15) is 0 Å². The van der Waals surface area contributed by atoms with Crippen molar-refractivity contribution in [1.29, 1.82) is 0 Å². The third-order valence-electron chi connectivity index (χ3n) is 21.4. The average Bonchev–Trinajstić information content (AvgIpc) is 1.60. The molecule has 4 heteroatoms. The van der Waals surface area contributed by atoms with Gasteiger partial charge in [0, 0.05) is 43.8 Å². The smallest absolute Gasteiger partial charge is 0.163 e. The highest BCUT2D eigenvalue weighted by Gasteiger charge is 2.38. The molecule has 0 spiro atoms. The van der Waals surface area contributed by atoms with Crippen molar-refractivity contribution < 1.29 is 0 Å². The van der Waals surface area contributed by atoms with E-state index in [1.165, 1.54) is 33.4 Å². The number of hydrogen-bond donors (Lipinski definition) is 0. The van der Waals surface area contributed by atoms with Crippen LogP contribution in [0.4, 0.5) is 0 Å². The summed E-state index contributed by atoms with van der Waals surface area (Å²) in [4.78, 5) is 12.1. The lowest BCUT2D eigenvalue weighted by molar-refractivity contribution is 0.914. The molecule has 1 aliphatic rings. The van der Waals surface area contributed by atoms with Crippen LogP contribution in [0.2, 0.25) is 0 Å². The Bertz CT molecular complexity index is 6230. The molecule has 20 rings (SSSR count). The van der Waals surface area contributed by atoms with Gasteiger partial charge in [0.2, 0.25) is 0 Å². The summed E-state index contributed by atoms with van der Waals surface area (Å²) >= 11 is 0. The Morgan fingerprint density at radius 3 is 0.838 bits per heavy atom. The van der Waals surface area contributed by atoms with Gasteiger partial charge in [0.15, 0.2) is 5.82 Å². The second kappa shape index (κ2) is 25.7. The Morgan fingerprint density at radius 1 is 0.200 bits per heavy atom. The molecule has 0 amide bonds. The van der Waals surface area contributed by atoms with Crippen LogP contribution in [0.1, 0.15) is 22.7 Å². The van der Waals surface area contributed by atoms with Gasteiger partial charge in [-0.1, -0.05) is 322 Å². The van der Waals surface area contributed by atoms with Crippen LogP contribution in [-0.2, 0) is 0 Å². The predicted octanol–water partition coefficient (Wildman–Crippen LogP) is 26.5. The molecule has 0 bridgehead atoms. The lowest BCUT2D eigenvalue weighted by atomic mass is 9.83. The molecule has 4 heterocycles. The highest BCUT2D eigenvalue weighted by Crippen LogP contribution is 2.56. The number of pyridine rings is 2. The van der Waals surface area contributed by atoms with Gasteiger partial charge in [-0.2, -0.15) is 0 Å². The molecule has 0 fully saturated rings. The monoisotopic (exact) mass is 1330 g/mol. The van der Waals surface area contributed by atoms with Crippen molar-refractivity contribution in [2.75, 3.05) is 0 Å². The fourth-order valence-electron chi connectivity index (χ4n) is 16.4. The summed E-state index contributed by atoms with van der Waals surface area (Å²) < 4.78 is 5.09. The van der Waals surface area contributed by atoms with Crippen molar-refractivity contribution in [2.45, 2.75) is 5.92 Å². The van der Waals surface area contributed by atoms with E-state index in [2.05, 4.69) is 403 Å². The van der Waals surface area contributed by atoms with Gasteiger partial charge in [0.25, 0.3) is 0 Å². The maximum atomic E-state index is 6.72. The molecule has 19 aromatic rings. The predicted molar refractivity (Wildman–Crippen MR) is 438 cm³/mol. The molecule has 0 saturated heterocycles. The van der Waals surface area contributed by atoms with Gasteiger partial charge in [-0.05, 0) is 173 Å². The molecule has 490 valence electrons. The summed E-state index contributed by atoms with van der Waals surface area (Å²) in [5.41, 5.74) is 32.8. The van der Waals surface area contributed by atoms with Crippen LogP contribution in [0.15, 0.2) is 394 Å². The van der Waals surface area contributed by atoms with Crippen molar-refractivity contribution in [1.82, 2.24) is 19.1 Å². The Labute approximate surface area is 610 Å². The molecule has 1 aliphatic carbocycles. The largest absolute Gasteiger partial charge is 0.305 e. The quantitative estimate of drug-likeness (QED) is 0.115. The summed E-state index contributed by atoms with van der Waals surface area (Å²) in [5.74, 6) is 0.453. The van der Waals surface area contributed by atoms with Crippen LogP contribution in [0.25, 0.3) is 178 Å². The highest BCUT2D eigenvalue weighted by atomic mass is 15.1. The summed E-state index contributed by atoms with van der Waals surface area (Å²) in [7, 11) is 0. The van der Waals surface area contributed by atoms with Gasteiger partial charge in [-0.25, -0.2) is 9.97 Å². The number of rotatable bonds is 13. The summed E-state index contributed by atoms with van der Waals surface area (Å²) in [5, 5.41) is 4.52. The number of fused-ring (bicyclic) bond motifs is 9. The number of benzene rings is 15. The molecule has 0 aliphatic heterocycles. The van der Waals surface area contributed by atoms with E-state index in [1.807, 2.05) is 0 Å². The zero-order valence-electron chi connectivity index (χ0n) is 57.4. The van der Waals surface area contributed by atoms with Crippen LogP contribution in [0.5, 0.6) is 0 Å². The van der Waals surface area contributed by atoms with Crippen molar-refractivity contribution in [3.05, 3.63) is 411 Å². The second-order valence-electron chi connectivity index (χ2n) is 27.5. The summed E-state index contributed by atoms with van der Waals surface area (Å²) in [6.07, 6.45) is 0. The molecular weight excluding hydrogens is 1270 g/mol. The van der Waals surface area contributed by atoms with E-state index in [4.69, 9.17) is 9.97 Å². The van der Waals surface area contributed by atoms with E-state index >= 15 is 0 Å². The zero-order chi connectivity index (χ0) is 69.3. The van der Waals surface area contributed by atoms with E-state index in [1.54, 1.807) is 0 Å². The Morgan fingerprint density at radius 2 is 0.476 bits per heavy atom. The van der Waals surface area contributed by atoms with E-state index in [9.17, 15) is 0 Å². The lowest BCUT2D eigenvalue weighted by Gasteiger charge is -2.28. The number of nitrogens with zero attached hydrogens (tertiary/aromatic N) is 4. The van der Waals surface area contributed by atoms with Crippen LogP contribution >= 0.6 is 0 Å². The minimum absolute atomic E-state index is 0.349. The SMILES string of the molecule is c1ccc(-c2ccc3c(c2)-c2cc(-c4ccccc4)ccc2C3c2nc(-n3c4ccc(-c5ccccc5)cc4c4cc(-c5ccccc5)ccc43)c(-n3c4ccc(-c5ccccc5)cc4c4cc(-c5ccccc5)ccc43)c(-c3ccc(-c4cccc(-c5ccccc5)n4)cc3)c2-c2ccccc2)cc1. The fraction of sp³-hybridized carbons (Fsp3) is 0.00990. The normalized spacial score (nSPS) is 12.0. The molecule has 0 saturated carbocycles. The third-order valence-corrected chi connectivity index (χ3v) is 21.4. The van der Waals surface area contributed by atoms with Crippen molar-refractivity contribution in [3.8, 4) is 134 Å². The van der Waals surface area contributed by atoms with Gasteiger partial charge in [-0.15, -0.1) is 0 Å². The maximum absolute atomic E-state index is 6.72. The van der Waals surface area contributed by atoms with E-state index in [0.29, 0.717) is 0 Å². The molecule has 4 aromatic heterocycles. The zero-order valence-corrected chi connectivity index (χ0v) is 57.4. The molecule has 0 atom stereocenters. The lowest BCUT2D eigenvalue weighted by Crippen LogP contribution is -2.15. The average molecular weight is 1340 g/mol. The molecule has 105 heavy (non-hydrogen) atoms. The first-order chi connectivity index (χ1) is 52.1. The topological polar surface area (TPSA) is 35.6 Å². The van der Waals surface area contributed by atoms with Crippen LogP contribution in [0, 0.1) is 0 Å². The van der Waals surface area contributed by atoms with Crippen LogP contribution in [-0.4, -0.2) is 19.1 Å². The number of hydrogen-bond acceptors (Lipinski definition) is 2. The highest BCUT2D eigenvalue weighted by molar-refractivity contribution is 6.15. The summed E-state index contributed by atoms with van der Waals surface area (Å²) in [6, 6.07) is 145. The van der Waals surface area contributed by atoms with Crippen molar-refractivity contribution in [3.63, 3.8) is 0 Å². The fourth-order valence-corrected chi connectivity index (χ4v) is 16.4. The Hall–Kier alpha value is -13.8. The van der Waals surface area contributed by atoms with Gasteiger partial charge >= 0.3 is 0 Å². The van der Waals surface area contributed by atoms with Crippen molar-refractivity contribution >= 4 is 43.6 Å². The van der Waals surface area contributed by atoms with Crippen LogP contribution < -0.4 is 0 Å². The number of aromatic nitrogens is 4. The van der Waals surface area contributed by atoms with E-state index < -0.39 is 0 Å². The molecule has 15 aromatic carbocycles. The second-order valence-corrected chi connectivity index (χ2v) is 27.5. The molecule has 0 radical (unpaired) electrons. The van der Waals surface area contributed by atoms with Gasteiger partial charge in [0.05, 0.1) is 50.8 Å². The van der Waals surface area contributed by atoms with Crippen LogP contribution in [0.3, 0.4) is 0 Å². The molecule has 0 N–H and O–H groups in total. The molecule has 0 unspecified atom stereocenters. The first-order valence-corrected chi connectivity index (χ1v) is 36.1. The van der Waals surface area contributed by atoms with Gasteiger partial charge in [-0.3, -0.25) is 4.57 Å². The maximum Gasteiger partial charge on any atom is 0.163 e. The first kappa shape index (κ1) is 61.1. The standard InChI is InChI=1S/C101H66N4/c1-9-26-66(27-10-1)76-48-54-82-84(60-76)85-61-77(67-28-11-2-12-29-67)49-55-83(85)98(82)99-96(74-40-23-8-24-41-74)97(75-46-44-73(45-47-75)91-43-25-42-90(102-91)72-38-21-7-22-39-72)100(104-92-56-50-78(68-30-13-3-14-31-68)62-86(92)87-63-79(51-57-93(87)104)69-32-15-4-16-33-69)101(103-99)105-94-58-52-80(70-34-17-5-18-35-70)64-88(94)89-65-81(53-59-95(89)105)71-36-19-6-20-37-71/h1-65,98H. The first-order valence-electron chi connectivity index (χ1n) is 36.1. The molecule has 4 nitrogen and oxygen atoms in total. The third kappa shape index (κ3) is 10.7. The Kier molecular flexibility index (Phi) is 14.9. The van der Waals surface area contributed by atoms with E-state index in [-0.39, 0.29) is 5.92 Å². The van der Waals surface area contributed by atoms with Crippen molar-refractivity contribution in [2.24, 2.45) is 0 Å². The van der Waals surface area contributed by atoms with E-state index in [0.717, 1.165) is 161 Å². The minimum Gasteiger partial charge on any atom is -0.305 e. The van der Waals surface area contributed by atoms with Gasteiger partial charge < -0.3 is 4.57 Å². The molecular formula is C101H66N4.